The maximum absolute atomic E-state index is 9.01. The SMILES string of the molecule is CC(C)n1ncc(C(C)(C)C#N)c1Br. The van der Waals surface area contributed by atoms with Crippen LogP contribution in [0.5, 0.6) is 0 Å². The molecule has 0 aliphatic heterocycles. The third-order valence-electron chi connectivity index (χ3n) is 2.18. The first-order valence-corrected chi connectivity index (χ1v) is 5.34. The van der Waals surface area contributed by atoms with Crippen molar-refractivity contribution in [3.05, 3.63) is 16.4 Å². The highest BCUT2D eigenvalue weighted by molar-refractivity contribution is 9.10. The highest BCUT2D eigenvalue weighted by Crippen LogP contribution is 2.30. The Morgan fingerprint density at radius 1 is 1.57 bits per heavy atom. The van der Waals surface area contributed by atoms with Crippen molar-refractivity contribution in [2.24, 2.45) is 0 Å². The predicted octanol–water partition coefficient (Wildman–Crippen LogP) is 3.03. The summed E-state index contributed by atoms with van der Waals surface area (Å²) < 4.78 is 2.77. The molecule has 76 valence electrons. The fraction of sp³-hybridized carbons (Fsp3) is 0.600. The zero-order valence-electron chi connectivity index (χ0n) is 8.87. The summed E-state index contributed by atoms with van der Waals surface area (Å²) in [6.45, 7) is 7.89. The third kappa shape index (κ3) is 1.83. The van der Waals surface area contributed by atoms with Crippen molar-refractivity contribution in [2.75, 3.05) is 0 Å². The van der Waals surface area contributed by atoms with E-state index in [1.54, 1.807) is 6.20 Å². The van der Waals surface area contributed by atoms with Crippen molar-refractivity contribution in [3.8, 4) is 6.07 Å². The van der Waals surface area contributed by atoms with E-state index in [4.69, 9.17) is 5.26 Å². The van der Waals surface area contributed by atoms with Crippen molar-refractivity contribution in [3.63, 3.8) is 0 Å². The molecule has 0 atom stereocenters. The molecule has 3 nitrogen and oxygen atoms in total. The Morgan fingerprint density at radius 3 is 2.50 bits per heavy atom. The van der Waals surface area contributed by atoms with Gasteiger partial charge in [0, 0.05) is 11.6 Å². The predicted molar refractivity (Wildman–Crippen MR) is 59.0 cm³/mol. The summed E-state index contributed by atoms with van der Waals surface area (Å²) >= 11 is 3.48. The van der Waals surface area contributed by atoms with Gasteiger partial charge < -0.3 is 0 Å². The molecule has 0 aliphatic carbocycles. The van der Waals surface area contributed by atoms with Gasteiger partial charge in [0.25, 0.3) is 0 Å². The number of rotatable bonds is 2. The topological polar surface area (TPSA) is 41.6 Å². The van der Waals surface area contributed by atoms with Crippen LogP contribution in [0.1, 0.15) is 39.3 Å². The van der Waals surface area contributed by atoms with Crippen LogP contribution in [-0.4, -0.2) is 9.78 Å². The van der Waals surface area contributed by atoms with Gasteiger partial charge >= 0.3 is 0 Å². The Balaban J connectivity index is 3.21. The van der Waals surface area contributed by atoms with Crippen LogP contribution in [0.2, 0.25) is 0 Å². The second kappa shape index (κ2) is 3.74. The lowest BCUT2D eigenvalue weighted by atomic mass is 9.89. The van der Waals surface area contributed by atoms with E-state index in [2.05, 4.69) is 40.9 Å². The van der Waals surface area contributed by atoms with Crippen LogP contribution in [0, 0.1) is 11.3 Å². The molecule has 1 aromatic rings. The molecular weight excluding hydrogens is 242 g/mol. The van der Waals surface area contributed by atoms with Gasteiger partial charge in [0.1, 0.15) is 4.60 Å². The van der Waals surface area contributed by atoms with Gasteiger partial charge in [-0.2, -0.15) is 10.4 Å². The summed E-state index contributed by atoms with van der Waals surface area (Å²) in [5.74, 6) is 0. The second-order valence-corrected chi connectivity index (χ2v) is 4.88. The molecule has 0 aromatic carbocycles. The van der Waals surface area contributed by atoms with Crippen LogP contribution in [-0.2, 0) is 5.41 Å². The number of nitriles is 1. The van der Waals surface area contributed by atoms with Crippen molar-refractivity contribution < 1.29 is 0 Å². The Hall–Kier alpha value is -0.820. The van der Waals surface area contributed by atoms with E-state index < -0.39 is 5.41 Å². The van der Waals surface area contributed by atoms with E-state index >= 15 is 0 Å². The minimum Gasteiger partial charge on any atom is -0.256 e. The van der Waals surface area contributed by atoms with Gasteiger partial charge in [0.05, 0.1) is 17.7 Å². The molecule has 0 saturated heterocycles. The first-order valence-electron chi connectivity index (χ1n) is 4.55. The van der Waals surface area contributed by atoms with E-state index in [0.717, 1.165) is 10.2 Å². The lowest BCUT2D eigenvalue weighted by Crippen LogP contribution is -2.14. The molecule has 0 amide bonds. The average Bonchev–Trinajstić information content (AvgIpc) is 2.47. The highest BCUT2D eigenvalue weighted by Gasteiger charge is 2.26. The number of hydrogen-bond donors (Lipinski definition) is 0. The molecule has 0 fully saturated rings. The van der Waals surface area contributed by atoms with Gasteiger partial charge in [-0.1, -0.05) is 0 Å². The molecule has 1 heterocycles. The van der Waals surface area contributed by atoms with Crippen molar-refractivity contribution >= 4 is 15.9 Å². The molecule has 0 N–H and O–H groups in total. The van der Waals surface area contributed by atoms with E-state index in [1.807, 2.05) is 18.5 Å². The Kier molecular flexibility index (Phi) is 3.01. The number of hydrogen-bond acceptors (Lipinski definition) is 2. The molecule has 0 aliphatic rings. The summed E-state index contributed by atoms with van der Waals surface area (Å²) in [5.41, 5.74) is 0.445. The van der Waals surface area contributed by atoms with Crippen LogP contribution in [0.4, 0.5) is 0 Å². The normalized spacial score (nSPS) is 11.8. The van der Waals surface area contributed by atoms with Gasteiger partial charge in [-0.25, -0.2) is 0 Å². The molecule has 0 spiro atoms. The lowest BCUT2D eigenvalue weighted by Gasteiger charge is -2.14. The average molecular weight is 256 g/mol. The molecule has 14 heavy (non-hydrogen) atoms. The minimum absolute atomic E-state index is 0.299. The molecule has 0 radical (unpaired) electrons. The van der Waals surface area contributed by atoms with Gasteiger partial charge in [0.2, 0.25) is 0 Å². The van der Waals surface area contributed by atoms with E-state index in [-0.39, 0.29) is 0 Å². The van der Waals surface area contributed by atoms with Gasteiger partial charge in [-0.05, 0) is 43.6 Å². The number of nitrogens with zero attached hydrogens (tertiary/aromatic N) is 3. The van der Waals surface area contributed by atoms with Crippen molar-refractivity contribution in [1.29, 1.82) is 5.26 Å². The first-order chi connectivity index (χ1) is 6.40. The van der Waals surface area contributed by atoms with Crippen LogP contribution >= 0.6 is 15.9 Å². The third-order valence-corrected chi connectivity index (χ3v) is 2.97. The van der Waals surface area contributed by atoms with Gasteiger partial charge in [-0.3, -0.25) is 4.68 Å². The molecule has 0 unspecified atom stereocenters. The van der Waals surface area contributed by atoms with Crippen molar-refractivity contribution in [1.82, 2.24) is 9.78 Å². The minimum atomic E-state index is -0.494. The monoisotopic (exact) mass is 255 g/mol. The van der Waals surface area contributed by atoms with E-state index in [1.165, 1.54) is 0 Å². The molecule has 0 saturated carbocycles. The second-order valence-electron chi connectivity index (χ2n) is 4.12. The zero-order valence-corrected chi connectivity index (χ0v) is 10.5. The summed E-state index contributed by atoms with van der Waals surface area (Å²) in [5, 5.41) is 13.3. The van der Waals surface area contributed by atoms with Gasteiger partial charge in [0.15, 0.2) is 0 Å². The molecule has 1 rings (SSSR count). The molecule has 1 aromatic heterocycles. The quantitative estimate of drug-likeness (QED) is 0.816. The molecule has 0 bridgehead atoms. The summed E-state index contributed by atoms with van der Waals surface area (Å²) in [6.07, 6.45) is 1.76. The largest absolute Gasteiger partial charge is 0.256 e. The smallest absolute Gasteiger partial charge is 0.109 e. The Labute approximate surface area is 92.9 Å². The summed E-state index contributed by atoms with van der Waals surface area (Å²) in [4.78, 5) is 0. The van der Waals surface area contributed by atoms with Crippen LogP contribution < -0.4 is 0 Å². The highest BCUT2D eigenvalue weighted by atomic mass is 79.9. The lowest BCUT2D eigenvalue weighted by molar-refractivity contribution is 0.519. The summed E-state index contributed by atoms with van der Waals surface area (Å²) in [7, 11) is 0. The number of aromatic nitrogens is 2. The van der Waals surface area contributed by atoms with Crippen molar-refractivity contribution in [2.45, 2.75) is 39.2 Å². The molecule has 4 heteroatoms. The van der Waals surface area contributed by atoms with E-state index in [0.29, 0.717) is 6.04 Å². The molecular formula is C10H14BrN3. The first kappa shape index (κ1) is 11.3. The standard InChI is InChI=1S/C10H14BrN3/c1-7(2)14-9(11)8(5-13-14)10(3,4)6-12/h5,7H,1-4H3. The zero-order chi connectivity index (χ0) is 10.9. The number of halogens is 1. The fourth-order valence-electron chi connectivity index (χ4n) is 1.19. The fourth-order valence-corrected chi connectivity index (χ4v) is 2.29. The Bertz CT molecular complexity index is 371. The summed E-state index contributed by atoms with van der Waals surface area (Å²) in [6, 6.07) is 2.57. The van der Waals surface area contributed by atoms with Gasteiger partial charge in [-0.15, -0.1) is 0 Å². The van der Waals surface area contributed by atoms with Crippen LogP contribution in [0.3, 0.4) is 0 Å². The van der Waals surface area contributed by atoms with Crippen LogP contribution in [0.15, 0.2) is 10.8 Å². The maximum atomic E-state index is 9.01. The maximum Gasteiger partial charge on any atom is 0.109 e. The Morgan fingerprint density at radius 2 is 2.14 bits per heavy atom. The van der Waals surface area contributed by atoms with Crippen LogP contribution in [0.25, 0.3) is 0 Å². The van der Waals surface area contributed by atoms with E-state index in [9.17, 15) is 0 Å².